The summed E-state index contributed by atoms with van der Waals surface area (Å²) in [5.41, 5.74) is 3.62. The van der Waals surface area contributed by atoms with Gasteiger partial charge in [0.2, 0.25) is 0 Å². The van der Waals surface area contributed by atoms with Gasteiger partial charge in [-0.2, -0.15) is 0 Å². The van der Waals surface area contributed by atoms with Gasteiger partial charge in [0, 0.05) is 5.41 Å². The fourth-order valence-electron chi connectivity index (χ4n) is 2.04. The smallest absolute Gasteiger partial charge is 0.0770 e. The molecule has 2 aromatic rings. The van der Waals surface area contributed by atoms with Crippen LogP contribution in [-0.4, -0.2) is 6.61 Å². The van der Waals surface area contributed by atoms with E-state index < -0.39 is 0 Å². The first-order valence-electron chi connectivity index (χ1n) is 6.11. The lowest BCUT2D eigenvalue weighted by Gasteiger charge is -2.23. The molecule has 0 saturated carbocycles. The summed E-state index contributed by atoms with van der Waals surface area (Å²) in [7, 11) is 0. The van der Waals surface area contributed by atoms with Crippen molar-refractivity contribution in [3.63, 3.8) is 0 Å². The lowest BCUT2D eigenvalue weighted by Crippen LogP contribution is -2.26. The number of hydrogen-bond donors (Lipinski definition) is 1. The van der Waals surface area contributed by atoms with E-state index in [9.17, 15) is 0 Å². The van der Waals surface area contributed by atoms with Crippen molar-refractivity contribution in [2.45, 2.75) is 19.3 Å². The Morgan fingerprint density at radius 2 is 1.44 bits per heavy atom. The molecule has 2 heteroatoms. The predicted molar refractivity (Wildman–Crippen MR) is 75.0 cm³/mol. The maximum absolute atomic E-state index is 5.17. The first-order chi connectivity index (χ1) is 8.63. The van der Waals surface area contributed by atoms with Crippen LogP contribution in [0, 0.1) is 0 Å². The molecule has 0 atom stereocenters. The Morgan fingerprint density at radius 1 is 0.889 bits per heavy atom. The van der Waals surface area contributed by atoms with Gasteiger partial charge in [-0.05, 0) is 16.7 Å². The summed E-state index contributed by atoms with van der Waals surface area (Å²) in [6.45, 7) is 4.76. The van der Waals surface area contributed by atoms with Gasteiger partial charge >= 0.3 is 0 Å². The summed E-state index contributed by atoms with van der Waals surface area (Å²) in [5, 5.41) is 0. The standard InChI is InChI=1S/C16H19NO/c1-16(2,12-18-17)15-10-8-14(9-11-15)13-6-4-3-5-7-13/h3-11H,12,17H2,1-2H3. The molecule has 0 bridgehead atoms. The molecular formula is C16H19NO. The van der Waals surface area contributed by atoms with Crippen molar-refractivity contribution >= 4 is 0 Å². The van der Waals surface area contributed by atoms with Gasteiger partial charge < -0.3 is 4.84 Å². The predicted octanol–water partition coefficient (Wildman–Crippen LogP) is 3.52. The van der Waals surface area contributed by atoms with Gasteiger partial charge in [-0.3, -0.25) is 0 Å². The fraction of sp³-hybridized carbons (Fsp3) is 0.250. The summed E-state index contributed by atoms with van der Waals surface area (Å²) in [6.07, 6.45) is 0. The highest BCUT2D eigenvalue weighted by Crippen LogP contribution is 2.26. The van der Waals surface area contributed by atoms with Crippen molar-refractivity contribution in [2.24, 2.45) is 5.90 Å². The van der Waals surface area contributed by atoms with Gasteiger partial charge in [0.25, 0.3) is 0 Å². The van der Waals surface area contributed by atoms with Crippen LogP contribution >= 0.6 is 0 Å². The second-order valence-electron chi connectivity index (χ2n) is 5.14. The van der Waals surface area contributed by atoms with E-state index in [1.54, 1.807) is 0 Å². The molecule has 0 aliphatic heterocycles. The molecule has 0 aromatic heterocycles. The topological polar surface area (TPSA) is 35.2 Å². The third kappa shape index (κ3) is 2.78. The SMILES string of the molecule is CC(C)(CON)c1ccc(-c2ccccc2)cc1. The molecule has 18 heavy (non-hydrogen) atoms. The van der Waals surface area contributed by atoms with E-state index in [4.69, 9.17) is 10.7 Å². The third-order valence-corrected chi connectivity index (χ3v) is 3.22. The van der Waals surface area contributed by atoms with Crippen LogP contribution in [-0.2, 0) is 10.3 Å². The van der Waals surface area contributed by atoms with Crippen LogP contribution < -0.4 is 5.90 Å². The summed E-state index contributed by atoms with van der Waals surface area (Å²) in [5.74, 6) is 5.17. The number of hydrogen-bond acceptors (Lipinski definition) is 2. The fourth-order valence-corrected chi connectivity index (χ4v) is 2.04. The van der Waals surface area contributed by atoms with Gasteiger partial charge in [0.1, 0.15) is 0 Å². The van der Waals surface area contributed by atoms with Crippen LogP contribution in [0.3, 0.4) is 0 Å². The first kappa shape index (κ1) is 12.8. The summed E-state index contributed by atoms with van der Waals surface area (Å²) in [4.78, 5) is 4.78. The van der Waals surface area contributed by atoms with E-state index in [2.05, 4.69) is 62.4 Å². The molecule has 0 spiro atoms. The number of rotatable bonds is 4. The molecule has 0 aliphatic carbocycles. The van der Waals surface area contributed by atoms with Gasteiger partial charge in [-0.1, -0.05) is 68.4 Å². The van der Waals surface area contributed by atoms with Gasteiger partial charge in [-0.25, -0.2) is 5.90 Å². The molecule has 0 amide bonds. The number of benzene rings is 2. The maximum atomic E-state index is 5.17. The molecule has 0 radical (unpaired) electrons. The zero-order valence-corrected chi connectivity index (χ0v) is 10.9. The monoisotopic (exact) mass is 241 g/mol. The van der Waals surface area contributed by atoms with Crippen LogP contribution in [0.4, 0.5) is 0 Å². The van der Waals surface area contributed by atoms with Crippen molar-refractivity contribution in [2.75, 3.05) is 6.61 Å². The largest absolute Gasteiger partial charge is 0.304 e. The third-order valence-electron chi connectivity index (χ3n) is 3.22. The van der Waals surface area contributed by atoms with E-state index in [0.29, 0.717) is 6.61 Å². The molecular weight excluding hydrogens is 222 g/mol. The van der Waals surface area contributed by atoms with Gasteiger partial charge in [-0.15, -0.1) is 0 Å². The molecule has 0 aliphatic rings. The minimum Gasteiger partial charge on any atom is -0.304 e. The molecule has 2 aromatic carbocycles. The minimum atomic E-state index is -0.0655. The van der Waals surface area contributed by atoms with Crippen molar-refractivity contribution in [1.82, 2.24) is 0 Å². The van der Waals surface area contributed by atoms with E-state index in [1.165, 1.54) is 16.7 Å². The van der Waals surface area contributed by atoms with Crippen molar-refractivity contribution in [1.29, 1.82) is 0 Å². The lowest BCUT2D eigenvalue weighted by atomic mass is 9.85. The molecule has 2 rings (SSSR count). The quantitative estimate of drug-likeness (QED) is 0.831. The Bertz CT molecular complexity index is 488. The van der Waals surface area contributed by atoms with Gasteiger partial charge in [0.05, 0.1) is 6.61 Å². The second-order valence-corrected chi connectivity index (χ2v) is 5.14. The van der Waals surface area contributed by atoms with Crippen molar-refractivity contribution in [3.8, 4) is 11.1 Å². The minimum absolute atomic E-state index is 0.0655. The Hall–Kier alpha value is -1.64. The molecule has 0 unspecified atom stereocenters. The highest BCUT2D eigenvalue weighted by Gasteiger charge is 2.20. The van der Waals surface area contributed by atoms with Crippen LogP contribution in [0.15, 0.2) is 54.6 Å². The van der Waals surface area contributed by atoms with Crippen LogP contribution in [0.5, 0.6) is 0 Å². The molecule has 0 fully saturated rings. The Labute approximate surface area is 108 Å². The number of nitrogens with two attached hydrogens (primary N) is 1. The van der Waals surface area contributed by atoms with Crippen LogP contribution in [0.25, 0.3) is 11.1 Å². The Morgan fingerprint density at radius 3 is 2.00 bits per heavy atom. The Balaban J connectivity index is 2.26. The zero-order valence-electron chi connectivity index (χ0n) is 10.9. The van der Waals surface area contributed by atoms with E-state index in [-0.39, 0.29) is 5.41 Å². The van der Waals surface area contributed by atoms with E-state index in [0.717, 1.165) is 0 Å². The van der Waals surface area contributed by atoms with Crippen LogP contribution in [0.1, 0.15) is 19.4 Å². The average molecular weight is 241 g/mol. The van der Waals surface area contributed by atoms with Crippen LogP contribution in [0.2, 0.25) is 0 Å². The molecule has 0 saturated heterocycles. The molecule has 2 N–H and O–H groups in total. The Kier molecular flexibility index (Phi) is 3.80. The van der Waals surface area contributed by atoms with Crippen molar-refractivity contribution < 1.29 is 4.84 Å². The maximum Gasteiger partial charge on any atom is 0.0770 e. The molecule has 94 valence electrons. The lowest BCUT2D eigenvalue weighted by molar-refractivity contribution is 0.0964. The summed E-state index contributed by atoms with van der Waals surface area (Å²) in [6, 6.07) is 18.9. The average Bonchev–Trinajstić information content (AvgIpc) is 2.40. The normalized spacial score (nSPS) is 11.5. The van der Waals surface area contributed by atoms with Crippen molar-refractivity contribution in [3.05, 3.63) is 60.2 Å². The highest BCUT2D eigenvalue weighted by molar-refractivity contribution is 5.63. The zero-order chi connectivity index (χ0) is 13.0. The molecule has 2 nitrogen and oxygen atoms in total. The first-order valence-corrected chi connectivity index (χ1v) is 6.11. The summed E-state index contributed by atoms with van der Waals surface area (Å²) < 4.78 is 0. The van der Waals surface area contributed by atoms with E-state index in [1.807, 2.05) is 6.07 Å². The highest BCUT2D eigenvalue weighted by atomic mass is 16.6. The van der Waals surface area contributed by atoms with Gasteiger partial charge in [0.15, 0.2) is 0 Å². The van der Waals surface area contributed by atoms with E-state index >= 15 is 0 Å². The molecule has 0 heterocycles. The summed E-state index contributed by atoms with van der Waals surface area (Å²) >= 11 is 0. The second kappa shape index (κ2) is 5.34.